The Morgan fingerprint density at radius 1 is 0.960 bits per heavy atom. The molecular weight excluding hydrogens is 312 g/mol. The zero-order chi connectivity index (χ0) is 17.1. The second-order valence-corrected chi connectivity index (χ2v) is 10.2. The van der Waals surface area contributed by atoms with Crippen molar-refractivity contribution in [3.63, 3.8) is 0 Å². The normalized spacial score (nSPS) is 55.4. The van der Waals surface area contributed by atoms with E-state index in [2.05, 4.69) is 6.92 Å². The van der Waals surface area contributed by atoms with E-state index in [-0.39, 0.29) is 5.41 Å². The van der Waals surface area contributed by atoms with E-state index in [0.717, 1.165) is 43.5 Å². The summed E-state index contributed by atoms with van der Waals surface area (Å²) in [5.41, 5.74) is 0.760. The summed E-state index contributed by atoms with van der Waals surface area (Å²) in [5.74, 6) is 3.73. The van der Waals surface area contributed by atoms with Gasteiger partial charge in [-0.3, -0.25) is 0 Å². The molecule has 1 heterocycles. The molecule has 25 heavy (non-hydrogen) atoms. The van der Waals surface area contributed by atoms with Crippen LogP contribution in [0.4, 0.5) is 0 Å². The van der Waals surface area contributed by atoms with Crippen molar-refractivity contribution >= 4 is 0 Å². The number of hydrogen-bond acceptors (Lipinski definition) is 3. The molecule has 1 spiro atoms. The molecule has 5 rings (SSSR count). The Balaban J connectivity index is 1.49. The van der Waals surface area contributed by atoms with Crippen LogP contribution in [0.25, 0.3) is 0 Å². The van der Waals surface area contributed by atoms with Gasteiger partial charge in [0.05, 0.1) is 25.9 Å². The second-order valence-electron chi connectivity index (χ2n) is 10.2. The van der Waals surface area contributed by atoms with E-state index in [0.29, 0.717) is 24.0 Å². The second kappa shape index (κ2) is 6.21. The smallest absolute Gasteiger partial charge is 0.0704 e. The molecule has 0 radical (unpaired) electrons. The molecule has 3 nitrogen and oxygen atoms in total. The van der Waals surface area contributed by atoms with E-state index in [9.17, 15) is 5.11 Å². The molecule has 0 aromatic carbocycles. The van der Waals surface area contributed by atoms with Crippen LogP contribution in [0.5, 0.6) is 0 Å². The molecule has 2 unspecified atom stereocenters. The van der Waals surface area contributed by atoms with Crippen LogP contribution in [0.3, 0.4) is 0 Å². The summed E-state index contributed by atoms with van der Waals surface area (Å²) in [6, 6.07) is 0. The van der Waals surface area contributed by atoms with Crippen molar-refractivity contribution in [2.24, 2.45) is 40.4 Å². The van der Waals surface area contributed by atoms with Gasteiger partial charge in [0.25, 0.3) is 0 Å². The van der Waals surface area contributed by atoms with Crippen molar-refractivity contribution in [3.05, 3.63) is 0 Å². The lowest BCUT2D eigenvalue weighted by Crippen LogP contribution is -2.57. The van der Waals surface area contributed by atoms with E-state index < -0.39 is 0 Å². The molecule has 0 bridgehead atoms. The first-order chi connectivity index (χ1) is 12.2. The standard InChI is InChI=1S/C22H36O3/c1-21-8-3-2-4-17(21)15(13-23)12-16-18(21)7-9-22-14-24-10-11-25-20(22)6-5-19(16)22/h15-20,23H,2-14H2,1H3/t15-,16-,17?,18+,19+,20?,21+,22-/m1/s1. The Bertz CT molecular complexity index is 508. The van der Waals surface area contributed by atoms with Gasteiger partial charge < -0.3 is 14.6 Å². The van der Waals surface area contributed by atoms with Crippen LogP contribution in [0.1, 0.15) is 64.7 Å². The van der Waals surface area contributed by atoms with Gasteiger partial charge in [-0.05, 0) is 80.0 Å². The minimum Gasteiger partial charge on any atom is -0.396 e. The molecule has 4 aliphatic carbocycles. The average molecular weight is 349 g/mol. The van der Waals surface area contributed by atoms with Crippen molar-refractivity contribution < 1.29 is 14.6 Å². The minimum atomic E-state index is 0.287. The van der Waals surface area contributed by atoms with Crippen molar-refractivity contribution in [1.29, 1.82) is 0 Å². The quantitative estimate of drug-likeness (QED) is 0.777. The van der Waals surface area contributed by atoms with E-state index in [4.69, 9.17) is 9.47 Å². The van der Waals surface area contributed by atoms with Crippen LogP contribution in [0.15, 0.2) is 0 Å². The molecule has 0 aromatic rings. The molecule has 0 aromatic heterocycles. The van der Waals surface area contributed by atoms with Crippen molar-refractivity contribution in [2.75, 3.05) is 26.4 Å². The topological polar surface area (TPSA) is 38.7 Å². The number of aliphatic hydroxyl groups is 1. The van der Waals surface area contributed by atoms with Gasteiger partial charge in [0.1, 0.15) is 0 Å². The summed E-state index contributed by atoms with van der Waals surface area (Å²) in [7, 11) is 0. The zero-order valence-electron chi connectivity index (χ0n) is 15.9. The lowest BCUT2D eigenvalue weighted by atomic mass is 9.43. The molecule has 8 atom stereocenters. The first-order valence-corrected chi connectivity index (χ1v) is 11.0. The maximum Gasteiger partial charge on any atom is 0.0704 e. The third-order valence-corrected chi connectivity index (χ3v) is 9.54. The van der Waals surface area contributed by atoms with Crippen LogP contribution in [-0.2, 0) is 9.47 Å². The lowest BCUT2D eigenvalue weighted by molar-refractivity contribution is -0.161. The fraction of sp³-hybridized carbons (Fsp3) is 1.00. The number of hydrogen-bond donors (Lipinski definition) is 1. The van der Waals surface area contributed by atoms with Gasteiger partial charge in [0.2, 0.25) is 0 Å². The van der Waals surface area contributed by atoms with Gasteiger partial charge in [0.15, 0.2) is 0 Å². The summed E-state index contributed by atoms with van der Waals surface area (Å²) in [5, 5.41) is 10.2. The maximum absolute atomic E-state index is 10.2. The Labute approximate surface area is 152 Å². The van der Waals surface area contributed by atoms with Crippen LogP contribution < -0.4 is 0 Å². The Morgan fingerprint density at radius 3 is 2.76 bits per heavy atom. The monoisotopic (exact) mass is 348 g/mol. The zero-order valence-corrected chi connectivity index (χ0v) is 15.9. The van der Waals surface area contributed by atoms with Gasteiger partial charge in [-0.25, -0.2) is 0 Å². The first kappa shape index (κ1) is 17.0. The van der Waals surface area contributed by atoms with Crippen molar-refractivity contribution in [2.45, 2.75) is 70.8 Å². The van der Waals surface area contributed by atoms with Crippen molar-refractivity contribution in [3.8, 4) is 0 Å². The molecule has 3 heteroatoms. The number of ether oxygens (including phenoxy) is 2. The number of rotatable bonds is 1. The Kier molecular flexibility index (Phi) is 4.22. The minimum absolute atomic E-state index is 0.287. The molecule has 1 saturated heterocycles. The summed E-state index contributed by atoms with van der Waals surface area (Å²) in [6.45, 7) is 5.49. The van der Waals surface area contributed by atoms with Crippen LogP contribution >= 0.6 is 0 Å². The lowest BCUT2D eigenvalue weighted by Gasteiger charge is -2.62. The van der Waals surface area contributed by atoms with E-state index in [1.54, 1.807) is 0 Å². The fourth-order valence-electron chi connectivity index (χ4n) is 8.57. The summed E-state index contributed by atoms with van der Waals surface area (Å²) in [6.07, 6.45) is 12.5. The highest BCUT2D eigenvalue weighted by Crippen LogP contribution is 2.67. The SMILES string of the molecule is C[C@]12CCCCC1[C@@H](CO)C[C@H]1[C@@H]3CCC4OCCOC[C@@]43CC[C@@H]12. The van der Waals surface area contributed by atoms with E-state index in [1.165, 1.54) is 57.8 Å². The first-order valence-electron chi connectivity index (χ1n) is 11.0. The van der Waals surface area contributed by atoms with Gasteiger partial charge in [0, 0.05) is 12.0 Å². The number of aliphatic hydroxyl groups excluding tert-OH is 1. The number of fused-ring (bicyclic) bond motifs is 4. The summed E-state index contributed by atoms with van der Waals surface area (Å²) in [4.78, 5) is 0. The molecule has 142 valence electrons. The molecular formula is C22H36O3. The van der Waals surface area contributed by atoms with E-state index in [1.807, 2.05) is 0 Å². The third-order valence-electron chi connectivity index (χ3n) is 9.54. The van der Waals surface area contributed by atoms with Crippen LogP contribution in [0.2, 0.25) is 0 Å². The molecule has 5 aliphatic rings. The van der Waals surface area contributed by atoms with Gasteiger partial charge >= 0.3 is 0 Å². The highest BCUT2D eigenvalue weighted by Gasteiger charge is 2.63. The van der Waals surface area contributed by atoms with E-state index >= 15 is 0 Å². The van der Waals surface area contributed by atoms with Crippen LogP contribution in [0, 0.1) is 40.4 Å². The predicted octanol–water partition coefficient (Wildman–Crippen LogP) is 4.03. The van der Waals surface area contributed by atoms with Gasteiger partial charge in [-0.15, -0.1) is 0 Å². The Morgan fingerprint density at radius 2 is 1.88 bits per heavy atom. The van der Waals surface area contributed by atoms with Gasteiger partial charge in [-0.1, -0.05) is 19.8 Å². The largest absolute Gasteiger partial charge is 0.396 e. The predicted molar refractivity (Wildman–Crippen MR) is 97.2 cm³/mol. The highest BCUT2D eigenvalue weighted by molar-refractivity contribution is 5.12. The van der Waals surface area contributed by atoms with Gasteiger partial charge in [-0.2, -0.15) is 0 Å². The molecule has 4 saturated carbocycles. The molecule has 0 amide bonds. The third kappa shape index (κ3) is 2.34. The maximum atomic E-state index is 10.2. The average Bonchev–Trinajstić information content (AvgIpc) is 2.88. The fourth-order valence-corrected chi connectivity index (χ4v) is 8.57. The summed E-state index contributed by atoms with van der Waals surface area (Å²) >= 11 is 0. The van der Waals surface area contributed by atoms with Crippen LogP contribution in [-0.4, -0.2) is 37.6 Å². The molecule has 5 fully saturated rings. The Hall–Kier alpha value is -0.120. The summed E-state index contributed by atoms with van der Waals surface area (Å²) < 4.78 is 12.3. The van der Waals surface area contributed by atoms with Crippen molar-refractivity contribution in [1.82, 2.24) is 0 Å². The molecule has 1 aliphatic heterocycles. The highest BCUT2D eigenvalue weighted by atomic mass is 16.5. The molecule has 1 N–H and O–H groups in total.